The van der Waals surface area contributed by atoms with E-state index in [1.807, 2.05) is 36.6 Å². The first kappa shape index (κ1) is 22.8. The molecule has 0 bridgehead atoms. The fraction of sp³-hybridized carbons (Fsp3) is 0.522. The first-order valence-electron chi connectivity index (χ1n) is 10.4. The van der Waals surface area contributed by atoms with E-state index >= 15 is 0 Å². The average molecular weight is 446 g/mol. The van der Waals surface area contributed by atoms with Crippen LogP contribution in [0.4, 0.5) is 5.69 Å². The van der Waals surface area contributed by atoms with Crippen LogP contribution in [0.1, 0.15) is 51.3 Å². The highest BCUT2D eigenvalue weighted by Crippen LogP contribution is 2.38. The molecule has 1 aliphatic carbocycles. The van der Waals surface area contributed by atoms with E-state index in [4.69, 9.17) is 0 Å². The maximum atomic E-state index is 12.5. The Morgan fingerprint density at radius 1 is 1.20 bits per heavy atom. The molecule has 2 aromatic rings. The van der Waals surface area contributed by atoms with Crippen molar-refractivity contribution >= 4 is 40.6 Å². The molecule has 2 amide bonds. The molecule has 1 fully saturated rings. The molecular weight excluding hydrogens is 414 g/mol. The maximum Gasteiger partial charge on any atom is 0.234 e. The van der Waals surface area contributed by atoms with Crippen LogP contribution in [0.15, 0.2) is 34.0 Å². The number of nitrogens with one attached hydrogen (secondary N) is 2. The molecule has 0 radical (unpaired) electrons. The minimum Gasteiger partial charge on any atom is -0.353 e. The van der Waals surface area contributed by atoms with Gasteiger partial charge in [0.15, 0.2) is 4.34 Å². The predicted molar refractivity (Wildman–Crippen MR) is 125 cm³/mol. The van der Waals surface area contributed by atoms with Crippen molar-refractivity contribution in [3.8, 4) is 0 Å². The quantitative estimate of drug-likeness (QED) is 0.585. The molecule has 5 nitrogen and oxygen atoms in total. The molecular formula is C23H31N3O2S2. The number of hydrogen-bond acceptors (Lipinski definition) is 5. The van der Waals surface area contributed by atoms with E-state index in [-0.39, 0.29) is 29.7 Å². The van der Waals surface area contributed by atoms with E-state index in [0.717, 1.165) is 34.1 Å². The fourth-order valence-electron chi connectivity index (χ4n) is 4.30. The van der Waals surface area contributed by atoms with E-state index in [0.29, 0.717) is 11.7 Å². The lowest BCUT2D eigenvalue weighted by atomic mass is 9.70. The second-order valence-corrected chi connectivity index (χ2v) is 11.2. The lowest BCUT2D eigenvalue weighted by molar-refractivity contribution is -0.121. The summed E-state index contributed by atoms with van der Waals surface area (Å²) in [5.41, 5.74) is 2.99. The number of nitrogens with zero attached hydrogens (tertiary/aromatic N) is 1. The highest BCUT2D eigenvalue weighted by Gasteiger charge is 2.32. The summed E-state index contributed by atoms with van der Waals surface area (Å²) in [7, 11) is 0. The normalized spacial score (nSPS) is 20.5. The number of carbonyl (C=O) groups is 2. The minimum atomic E-state index is -0.0626. The van der Waals surface area contributed by atoms with Gasteiger partial charge in [-0.3, -0.25) is 9.59 Å². The standard InChI is InChI=1S/C23H31N3O2S2/c1-15-5-7-17(8-6-15)24-21(28)14-30-22-26-19(13-29-22)10-20(27)25-18-9-16(2)11-23(3,4)12-18/h5-8,13,16,18H,9-12,14H2,1-4H3,(H,24,28)(H,25,27). The summed E-state index contributed by atoms with van der Waals surface area (Å²) in [5, 5.41) is 8.00. The number of aryl methyl sites for hydroxylation is 1. The van der Waals surface area contributed by atoms with Gasteiger partial charge in [0.1, 0.15) is 0 Å². The van der Waals surface area contributed by atoms with Crippen molar-refractivity contribution in [2.24, 2.45) is 11.3 Å². The van der Waals surface area contributed by atoms with Crippen LogP contribution in [0.25, 0.3) is 0 Å². The van der Waals surface area contributed by atoms with Crippen LogP contribution < -0.4 is 10.6 Å². The second kappa shape index (κ2) is 9.96. The van der Waals surface area contributed by atoms with Crippen molar-refractivity contribution in [3.63, 3.8) is 0 Å². The van der Waals surface area contributed by atoms with Crippen LogP contribution in [-0.4, -0.2) is 28.6 Å². The molecule has 2 unspecified atom stereocenters. The zero-order valence-corrected chi connectivity index (χ0v) is 19.8. The van der Waals surface area contributed by atoms with Crippen molar-refractivity contribution < 1.29 is 9.59 Å². The summed E-state index contributed by atoms with van der Waals surface area (Å²) in [6, 6.07) is 7.97. The molecule has 7 heteroatoms. The summed E-state index contributed by atoms with van der Waals surface area (Å²) in [4.78, 5) is 29.1. The van der Waals surface area contributed by atoms with Crippen LogP contribution in [0.2, 0.25) is 0 Å². The molecule has 2 atom stereocenters. The van der Waals surface area contributed by atoms with Gasteiger partial charge in [-0.05, 0) is 49.7 Å². The van der Waals surface area contributed by atoms with Gasteiger partial charge >= 0.3 is 0 Å². The first-order valence-corrected chi connectivity index (χ1v) is 12.3. The molecule has 1 aromatic carbocycles. The highest BCUT2D eigenvalue weighted by atomic mass is 32.2. The van der Waals surface area contributed by atoms with Gasteiger partial charge in [0.25, 0.3) is 0 Å². The Kier molecular flexibility index (Phi) is 7.58. The van der Waals surface area contributed by atoms with E-state index in [2.05, 4.69) is 36.4 Å². The smallest absolute Gasteiger partial charge is 0.234 e. The average Bonchev–Trinajstić information content (AvgIpc) is 3.07. The third-order valence-corrected chi connectivity index (χ3v) is 7.36. The van der Waals surface area contributed by atoms with Crippen LogP contribution in [0.5, 0.6) is 0 Å². The van der Waals surface area contributed by atoms with Gasteiger partial charge in [0.2, 0.25) is 11.8 Å². The van der Waals surface area contributed by atoms with Gasteiger partial charge in [-0.1, -0.05) is 50.2 Å². The Balaban J connectivity index is 1.43. The molecule has 162 valence electrons. The number of carbonyl (C=O) groups excluding carboxylic acids is 2. The molecule has 1 aliphatic rings. The zero-order valence-electron chi connectivity index (χ0n) is 18.2. The summed E-state index contributed by atoms with van der Waals surface area (Å²) in [6.45, 7) is 8.83. The van der Waals surface area contributed by atoms with Crippen molar-refractivity contribution in [2.45, 2.75) is 63.8 Å². The number of rotatable bonds is 7. The third kappa shape index (κ3) is 7.13. The zero-order chi connectivity index (χ0) is 21.7. The van der Waals surface area contributed by atoms with Gasteiger partial charge in [-0.2, -0.15) is 0 Å². The Morgan fingerprint density at radius 3 is 2.63 bits per heavy atom. The van der Waals surface area contributed by atoms with Crippen LogP contribution in [0, 0.1) is 18.3 Å². The number of amides is 2. The Hall–Kier alpha value is -1.86. The minimum absolute atomic E-state index is 0.0314. The fourth-order valence-corrected chi connectivity index (χ4v) is 5.94. The second-order valence-electron chi connectivity index (χ2n) is 9.16. The van der Waals surface area contributed by atoms with Gasteiger partial charge in [0, 0.05) is 17.1 Å². The molecule has 3 rings (SSSR count). The molecule has 1 saturated carbocycles. The van der Waals surface area contributed by atoms with Crippen LogP contribution in [0.3, 0.4) is 0 Å². The van der Waals surface area contributed by atoms with Gasteiger partial charge < -0.3 is 10.6 Å². The largest absolute Gasteiger partial charge is 0.353 e. The summed E-state index contributed by atoms with van der Waals surface area (Å²) in [6.07, 6.45) is 3.57. The third-order valence-electron chi connectivity index (χ3n) is 5.29. The predicted octanol–water partition coefficient (Wildman–Crippen LogP) is 5.06. The first-order chi connectivity index (χ1) is 14.2. The monoisotopic (exact) mass is 445 g/mol. The summed E-state index contributed by atoms with van der Waals surface area (Å²) in [5.74, 6) is 0.894. The lowest BCUT2D eigenvalue weighted by Crippen LogP contribution is -2.43. The number of thioether (sulfide) groups is 1. The van der Waals surface area contributed by atoms with Crippen molar-refractivity contribution in [1.82, 2.24) is 10.3 Å². The number of anilines is 1. The Bertz CT molecular complexity index is 877. The van der Waals surface area contributed by atoms with E-state index in [9.17, 15) is 9.59 Å². The van der Waals surface area contributed by atoms with Gasteiger partial charge in [-0.15, -0.1) is 11.3 Å². The van der Waals surface area contributed by atoms with Crippen LogP contribution >= 0.6 is 23.1 Å². The summed E-state index contributed by atoms with van der Waals surface area (Å²) < 4.78 is 0.810. The Morgan fingerprint density at radius 2 is 1.93 bits per heavy atom. The molecule has 1 aromatic heterocycles. The molecule has 1 heterocycles. The topological polar surface area (TPSA) is 71.1 Å². The lowest BCUT2D eigenvalue weighted by Gasteiger charge is -2.39. The number of hydrogen-bond donors (Lipinski definition) is 2. The molecule has 2 N–H and O–H groups in total. The number of aromatic nitrogens is 1. The molecule has 0 aliphatic heterocycles. The van der Waals surface area contributed by atoms with Crippen molar-refractivity contribution in [2.75, 3.05) is 11.1 Å². The summed E-state index contributed by atoms with van der Waals surface area (Å²) >= 11 is 2.88. The Labute approximate surface area is 187 Å². The van der Waals surface area contributed by atoms with Gasteiger partial charge in [0.05, 0.1) is 17.9 Å². The highest BCUT2D eigenvalue weighted by molar-refractivity contribution is 8.01. The number of thiazole rings is 1. The van der Waals surface area contributed by atoms with Gasteiger partial charge in [-0.25, -0.2) is 4.98 Å². The van der Waals surface area contributed by atoms with Crippen molar-refractivity contribution in [1.29, 1.82) is 0 Å². The van der Waals surface area contributed by atoms with E-state index in [1.165, 1.54) is 29.5 Å². The van der Waals surface area contributed by atoms with Crippen LogP contribution in [-0.2, 0) is 16.0 Å². The molecule has 0 spiro atoms. The maximum absolute atomic E-state index is 12.5. The molecule has 30 heavy (non-hydrogen) atoms. The van der Waals surface area contributed by atoms with E-state index in [1.54, 1.807) is 0 Å². The van der Waals surface area contributed by atoms with Crippen molar-refractivity contribution in [3.05, 3.63) is 40.9 Å². The number of benzene rings is 1. The SMILES string of the molecule is Cc1ccc(NC(=O)CSc2nc(CC(=O)NC3CC(C)CC(C)(C)C3)cs2)cc1. The molecule has 0 saturated heterocycles. The van der Waals surface area contributed by atoms with E-state index < -0.39 is 0 Å².